The number of fused-ring (bicyclic) bond motifs is 1. The van der Waals surface area contributed by atoms with Crippen molar-refractivity contribution in [3.05, 3.63) is 35.2 Å². The number of hydrogen-bond donors (Lipinski definition) is 1. The molecule has 2 atom stereocenters. The third-order valence-electron chi connectivity index (χ3n) is 3.27. The normalized spacial score (nSPS) is 17.2. The number of likely N-dealkylation sites (N-methyl/N-ethyl adjacent to an activating group) is 1. The zero-order valence-electron chi connectivity index (χ0n) is 9.75. The van der Waals surface area contributed by atoms with Gasteiger partial charge in [0.1, 0.15) is 5.67 Å². The molecule has 3 heteroatoms. The molecule has 16 heavy (non-hydrogen) atoms. The van der Waals surface area contributed by atoms with Crippen LogP contribution in [-0.4, -0.2) is 13.1 Å². The second kappa shape index (κ2) is 4.15. The van der Waals surface area contributed by atoms with Gasteiger partial charge >= 0.3 is 0 Å². The van der Waals surface area contributed by atoms with Crippen molar-refractivity contribution in [1.82, 2.24) is 5.32 Å². The standard InChI is InChI=1S/C13H16FNS/c1-9(15-3)13(2,14)11-5-4-10-6-7-16-12(10)8-11/h4-9,15H,1-3H3. The average molecular weight is 237 g/mol. The Labute approximate surface area is 99.3 Å². The summed E-state index contributed by atoms with van der Waals surface area (Å²) in [6.07, 6.45) is 0. The minimum atomic E-state index is -1.34. The molecule has 0 fully saturated rings. The van der Waals surface area contributed by atoms with Gasteiger partial charge in [0.05, 0.1) is 0 Å². The van der Waals surface area contributed by atoms with Crippen molar-refractivity contribution >= 4 is 21.4 Å². The van der Waals surface area contributed by atoms with Gasteiger partial charge in [-0.05, 0) is 49.4 Å². The van der Waals surface area contributed by atoms with Crippen molar-refractivity contribution in [3.8, 4) is 0 Å². The van der Waals surface area contributed by atoms with E-state index in [1.807, 2.05) is 30.5 Å². The molecule has 0 saturated carbocycles. The maximum absolute atomic E-state index is 14.6. The summed E-state index contributed by atoms with van der Waals surface area (Å²) in [6.45, 7) is 3.49. The van der Waals surface area contributed by atoms with E-state index in [9.17, 15) is 4.39 Å². The Bertz CT molecular complexity index is 489. The predicted octanol–water partition coefficient (Wildman–Crippen LogP) is 3.69. The van der Waals surface area contributed by atoms with E-state index >= 15 is 0 Å². The molecule has 1 nitrogen and oxygen atoms in total. The Morgan fingerprint density at radius 3 is 2.81 bits per heavy atom. The van der Waals surface area contributed by atoms with E-state index in [-0.39, 0.29) is 6.04 Å². The lowest BCUT2D eigenvalue weighted by Gasteiger charge is -2.27. The highest BCUT2D eigenvalue weighted by molar-refractivity contribution is 7.17. The van der Waals surface area contributed by atoms with Crippen LogP contribution < -0.4 is 5.32 Å². The molecule has 0 aliphatic carbocycles. The monoisotopic (exact) mass is 237 g/mol. The van der Waals surface area contributed by atoms with Gasteiger partial charge in [-0.3, -0.25) is 0 Å². The molecule has 0 spiro atoms. The molecule has 1 aromatic carbocycles. The van der Waals surface area contributed by atoms with Crippen LogP contribution in [0.1, 0.15) is 19.4 Å². The molecular weight excluding hydrogens is 221 g/mol. The van der Waals surface area contributed by atoms with E-state index in [0.717, 1.165) is 10.3 Å². The van der Waals surface area contributed by atoms with E-state index in [1.54, 1.807) is 25.3 Å². The first-order valence-corrected chi connectivity index (χ1v) is 6.27. The molecule has 0 bridgehead atoms. The lowest BCUT2D eigenvalue weighted by Crippen LogP contribution is -2.39. The Balaban J connectivity index is 2.45. The molecule has 2 aromatic rings. The van der Waals surface area contributed by atoms with E-state index in [0.29, 0.717) is 0 Å². The minimum absolute atomic E-state index is 0.204. The molecule has 1 heterocycles. The minimum Gasteiger partial charge on any atom is -0.314 e. The third kappa shape index (κ3) is 1.85. The summed E-state index contributed by atoms with van der Waals surface area (Å²) in [5.41, 5.74) is -0.600. The summed E-state index contributed by atoms with van der Waals surface area (Å²) in [4.78, 5) is 0. The highest BCUT2D eigenvalue weighted by atomic mass is 32.1. The van der Waals surface area contributed by atoms with E-state index in [2.05, 4.69) is 11.4 Å². The van der Waals surface area contributed by atoms with Crippen LogP contribution in [0.25, 0.3) is 10.1 Å². The van der Waals surface area contributed by atoms with Gasteiger partial charge in [0, 0.05) is 10.7 Å². The second-order valence-corrected chi connectivity index (χ2v) is 5.21. The summed E-state index contributed by atoms with van der Waals surface area (Å²) in [5, 5.41) is 6.19. The fraction of sp³-hybridized carbons (Fsp3) is 0.385. The van der Waals surface area contributed by atoms with Crippen molar-refractivity contribution in [3.63, 3.8) is 0 Å². The lowest BCUT2D eigenvalue weighted by molar-refractivity contribution is 0.140. The Morgan fingerprint density at radius 2 is 2.12 bits per heavy atom. The molecular formula is C13H16FNS. The summed E-state index contributed by atoms with van der Waals surface area (Å²) in [5.74, 6) is 0. The third-order valence-corrected chi connectivity index (χ3v) is 4.15. The van der Waals surface area contributed by atoms with Crippen molar-refractivity contribution in [2.75, 3.05) is 7.05 Å². The Kier molecular flexibility index (Phi) is 3.00. The van der Waals surface area contributed by atoms with E-state index in [4.69, 9.17) is 0 Å². The molecule has 2 unspecified atom stereocenters. The zero-order chi connectivity index (χ0) is 11.8. The Hall–Kier alpha value is -0.930. The van der Waals surface area contributed by atoms with Crippen LogP contribution in [-0.2, 0) is 5.67 Å². The average Bonchev–Trinajstić information content (AvgIpc) is 2.74. The zero-order valence-corrected chi connectivity index (χ0v) is 10.6. The van der Waals surface area contributed by atoms with Crippen molar-refractivity contribution in [2.45, 2.75) is 25.6 Å². The van der Waals surface area contributed by atoms with Crippen molar-refractivity contribution in [2.24, 2.45) is 0 Å². The van der Waals surface area contributed by atoms with Crippen LogP contribution in [0.5, 0.6) is 0 Å². The van der Waals surface area contributed by atoms with Crippen LogP contribution in [0.2, 0.25) is 0 Å². The summed E-state index contributed by atoms with van der Waals surface area (Å²) < 4.78 is 15.7. The van der Waals surface area contributed by atoms with E-state index in [1.165, 1.54) is 5.39 Å². The van der Waals surface area contributed by atoms with Gasteiger partial charge in [-0.25, -0.2) is 4.39 Å². The number of halogens is 1. The van der Waals surface area contributed by atoms with Gasteiger partial charge in [0.2, 0.25) is 0 Å². The van der Waals surface area contributed by atoms with Crippen LogP contribution in [0.15, 0.2) is 29.6 Å². The van der Waals surface area contributed by atoms with Gasteiger partial charge in [0.25, 0.3) is 0 Å². The first-order valence-electron chi connectivity index (χ1n) is 5.39. The molecule has 0 radical (unpaired) electrons. The number of alkyl halides is 1. The molecule has 86 valence electrons. The number of rotatable bonds is 3. The van der Waals surface area contributed by atoms with Gasteiger partial charge in [0.15, 0.2) is 0 Å². The van der Waals surface area contributed by atoms with Crippen LogP contribution >= 0.6 is 11.3 Å². The second-order valence-electron chi connectivity index (χ2n) is 4.26. The number of nitrogens with one attached hydrogen (secondary N) is 1. The molecule has 0 aliphatic rings. The van der Waals surface area contributed by atoms with Gasteiger partial charge in [-0.1, -0.05) is 12.1 Å². The highest BCUT2D eigenvalue weighted by Gasteiger charge is 2.32. The van der Waals surface area contributed by atoms with E-state index < -0.39 is 5.67 Å². The summed E-state index contributed by atoms with van der Waals surface area (Å²) >= 11 is 1.65. The highest BCUT2D eigenvalue weighted by Crippen LogP contribution is 2.32. The fourth-order valence-corrected chi connectivity index (χ4v) is 2.61. The van der Waals surface area contributed by atoms with Crippen LogP contribution in [0.3, 0.4) is 0 Å². The lowest BCUT2D eigenvalue weighted by atomic mass is 9.91. The van der Waals surface area contributed by atoms with Crippen LogP contribution in [0, 0.1) is 0 Å². The molecule has 1 aromatic heterocycles. The molecule has 2 rings (SSSR count). The Morgan fingerprint density at radius 1 is 1.38 bits per heavy atom. The van der Waals surface area contributed by atoms with Crippen molar-refractivity contribution in [1.29, 1.82) is 0 Å². The maximum atomic E-state index is 14.6. The molecule has 0 aliphatic heterocycles. The number of benzene rings is 1. The van der Waals surface area contributed by atoms with Gasteiger partial charge in [-0.2, -0.15) is 0 Å². The quantitative estimate of drug-likeness (QED) is 0.858. The van der Waals surface area contributed by atoms with Crippen LogP contribution in [0.4, 0.5) is 4.39 Å². The largest absolute Gasteiger partial charge is 0.314 e. The van der Waals surface area contributed by atoms with Gasteiger partial charge in [-0.15, -0.1) is 11.3 Å². The number of hydrogen-bond acceptors (Lipinski definition) is 2. The smallest absolute Gasteiger partial charge is 0.148 e. The molecule has 1 N–H and O–H groups in total. The van der Waals surface area contributed by atoms with Gasteiger partial charge < -0.3 is 5.32 Å². The van der Waals surface area contributed by atoms with Crippen molar-refractivity contribution < 1.29 is 4.39 Å². The summed E-state index contributed by atoms with van der Waals surface area (Å²) in [6, 6.07) is 7.67. The SMILES string of the molecule is CNC(C)C(C)(F)c1ccc2ccsc2c1. The molecule has 0 saturated heterocycles. The summed E-state index contributed by atoms with van der Waals surface area (Å²) in [7, 11) is 1.78. The fourth-order valence-electron chi connectivity index (χ4n) is 1.78. The first-order chi connectivity index (χ1) is 7.55. The first kappa shape index (κ1) is 11.6. The number of thiophene rings is 1. The predicted molar refractivity (Wildman–Crippen MR) is 68.8 cm³/mol. The molecule has 0 amide bonds. The maximum Gasteiger partial charge on any atom is 0.148 e. The topological polar surface area (TPSA) is 12.0 Å².